The van der Waals surface area contributed by atoms with E-state index < -0.39 is 30.1 Å². The molecule has 2 amide bonds. The summed E-state index contributed by atoms with van der Waals surface area (Å²) in [5.74, 6) is -1.24. The predicted molar refractivity (Wildman–Crippen MR) is 131 cm³/mol. The Hall–Kier alpha value is -1.55. The van der Waals surface area contributed by atoms with Crippen molar-refractivity contribution in [3.8, 4) is 0 Å². The van der Waals surface area contributed by atoms with Gasteiger partial charge in [-0.05, 0) is 32.9 Å². The molecule has 0 aromatic heterocycles. The SMILES string of the molecule is CCCCCCCCN1CCNC[C@H]1C(=O)N[C@H](C(=O)N[C@@H](CCN)C(=O)C(C)C)C(C)O. The zero-order valence-electron chi connectivity index (χ0n) is 21.1. The molecule has 1 fully saturated rings. The molecule has 9 nitrogen and oxygen atoms in total. The zero-order valence-corrected chi connectivity index (χ0v) is 21.1. The standard InChI is InChI=1S/C24H47N5O4/c1-5-6-7-8-9-10-14-29-15-13-26-16-20(29)23(32)28-21(18(4)30)24(33)27-19(11-12-25)22(31)17(2)3/h17-21,26,30H,5-16,25H2,1-4H3,(H,27,33)(H,28,32)/t18?,19-,20-,21-/m0/s1. The number of nitrogens with zero attached hydrogens (tertiary/aromatic N) is 1. The molecule has 1 aliphatic rings. The maximum absolute atomic E-state index is 13.1. The van der Waals surface area contributed by atoms with Gasteiger partial charge in [0, 0.05) is 25.6 Å². The Morgan fingerprint density at radius 3 is 2.36 bits per heavy atom. The number of carbonyl (C=O) groups excluding carboxylic acids is 3. The van der Waals surface area contributed by atoms with Crippen LogP contribution in [0, 0.1) is 5.92 Å². The lowest BCUT2D eigenvalue weighted by molar-refractivity contribution is -0.136. The van der Waals surface area contributed by atoms with Crippen molar-refractivity contribution in [3.05, 3.63) is 0 Å². The van der Waals surface area contributed by atoms with Crippen molar-refractivity contribution in [2.75, 3.05) is 32.7 Å². The van der Waals surface area contributed by atoms with Crippen molar-refractivity contribution in [2.24, 2.45) is 11.7 Å². The number of nitrogens with one attached hydrogen (secondary N) is 3. The van der Waals surface area contributed by atoms with Crippen molar-refractivity contribution in [2.45, 2.75) is 96.9 Å². The Balaban J connectivity index is 2.72. The van der Waals surface area contributed by atoms with Crippen LogP contribution in [0.25, 0.3) is 0 Å². The summed E-state index contributed by atoms with van der Waals surface area (Å²) < 4.78 is 0. The van der Waals surface area contributed by atoms with E-state index in [1.807, 2.05) is 0 Å². The van der Waals surface area contributed by atoms with Crippen LogP contribution in [0.5, 0.6) is 0 Å². The smallest absolute Gasteiger partial charge is 0.245 e. The van der Waals surface area contributed by atoms with Crippen LogP contribution in [0.2, 0.25) is 0 Å². The van der Waals surface area contributed by atoms with Gasteiger partial charge >= 0.3 is 0 Å². The summed E-state index contributed by atoms with van der Waals surface area (Å²) in [4.78, 5) is 40.5. The van der Waals surface area contributed by atoms with Crippen molar-refractivity contribution in [1.29, 1.82) is 0 Å². The summed E-state index contributed by atoms with van der Waals surface area (Å²) in [7, 11) is 0. The normalized spacial score (nSPS) is 19.7. The van der Waals surface area contributed by atoms with Crippen LogP contribution in [0.1, 0.15) is 72.6 Å². The molecule has 33 heavy (non-hydrogen) atoms. The second-order valence-corrected chi connectivity index (χ2v) is 9.45. The van der Waals surface area contributed by atoms with Gasteiger partial charge in [-0.25, -0.2) is 0 Å². The minimum absolute atomic E-state index is 0.119. The van der Waals surface area contributed by atoms with Crippen LogP contribution in [-0.4, -0.2) is 84.6 Å². The summed E-state index contributed by atoms with van der Waals surface area (Å²) >= 11 is 0. The van der Waals surface area contributed by atoms with Crippen molar-refractivity contribution in [1.82, 2.24) is 20.9 Å². The highest BCUT2D eigenvalue weighted by molar-refractivity contribution is 5.94. The molecule has 1 aliphatic heterocycles. The predicted octanol–water partition coefficient (Wildman–Crippen LogP) is 0.545. The molecule has 192 valence electrons. The van der Waals surface area contributed by atoms with Gasteiger partial charge in [-0.1, -0.05) is 52.9 Å². The van der Waals surface area contributed by atoms with Gasteiger partial charge in [0.2, 0.25) is 11.8 Å². The van der Waals surface area contributed by atoms with Gasteiger partial charge in [0.1, 0.15) is 12.1 Å². The number of hydrogen-bond acceptors (Lipinski definition) is 7. The average Bonchev–Trinajstić information content (AvgIpc) is 2.78. The number of piperazine rings is 1. The second kappa shape index (κ2) is 16.1. The van der Waals surface area contributed by atoms with E-state index in [0.29, 0.717) is 13.0 Å². The van der Waals surface area contributed by atoms with E-state index in [0.717, 1.165) is 32.5 Å². The third kappa shape index (κ3) is 10.5. The number of ketones is 1. The number of Topliss-reactive ketones (excluding diaryl/α,β-unsaturated/α-hetero) is 1. The van der Waals surface area contributed by atoms with Gasteiger partial charge in [-0.15, -0.1) is 0 Å². The van der Waals surface area contributed by atoms with Gasteiger partial charge in [0.05, 0.1) is 12.1 Å². The molecule has 1 rings (SSSR count). The maximum atomic E-state index is 13.1. The summed E-state index contributed by atoms with van der Waals surface area (Å²) in [6.07, 6.45) is 6.31. The van der Waals surface area contributed by atoms with Crippen LogP contribution < -0.4 is 21.7 Å². The molecule has 0 aromatic rings. The van der Waals surface area contributed by atoms with Gasteiger partial charge in [-0.3, -0.25) is 19.3 Å². The van der Waals surface area contributed by atoms with E-state index >= 15 is 0 Å². The Bertz CT molecular complexity index is 599. The fraction of sp³-hybridized carbons (Fsp3) is 0.875. The largest absolute Gasteiger partial charge is 0.391 e. The van der Waals surface area contributed by atoms with E-state index in [1.165, 1.54) is 32.6 Å². The summed E-state index contributed by atoms with van der Waals surface area (Å²) in [5, 5.41) is 18.9. The number of aliphatic hydroxyl groups is 1. The molecule has 4 atom stereocenters. The third-order valence-corrected chi connectivity index (χ3v) is 6.20. The monoisotopic (exact) mass is 469 g/mol. The van der Waals surface area contributed by atoms with Crippen LogP contribution in [0.4, 0.5) is 0 Å². The van der Waals surface area contributed by atoms with Crippen molar-refractivity contribution < 1.29 is 19.5 Å². The second-order valence-electron chi connectivity index (χ2n) is 9.45. The maximum Gasteiger partial charge on any atom is 0.245 e. The number of unbranched alkanes of at least 4 members (excludes halogenated alkanes) is 5. The van der Waals surface area contributed by atoms with E-state index in [1.54, 1.807) is 13.8 Å². The first-order valence-corrected chi connectivity index (χ1v) is 12.7. The Morgan fingerprint density at radius 2 is 1.76 bits per heavy atom. The summed E-state index contributed by atoms with van der Waals surface area (Å²) in [6.45, 7) is 10.3. The molecule has 0 saturated carbocycles. The topological polar surface area (TPSA) is 137 Å². The molecular weight excluding hydrogens is 422 g/mol. The van der Waals surface area contributed by atoms with Crippen molar-refractivity contribution >= 4 is 17.6 Å². The zero-order chi connectivity index (χ0) is 24.8. The van der Waals surface area contributed by atoms with Gasteiger partial charge in [0.25, 0.3) is 0 Å². The highest BCUT2D eigenvalue weighted by Crippen LogP contribution is 2.11. The first kappa shape index (κ1) is 29.5. The fourth-order valence-corrected chi connectivity index (χ4v) is 4.14. The molecule has 0 spiro atoms. The minimum Gasteiger partial charge on any atom is -0.391 e. The summed E-state index contributed by atoms with van der Waals surface area (Å²) in [5.41, 5.74) is 5.61. The molecule has 1 heterocycles. The number of nitrogens with two attached hydrogens (primary N) is 1. The van der Waals surface area contributed by atoms with Crippen LogP contribution in [-0.2, 0) is 14.4 Å². The fourth-order valence-electron chi connectivity index (χ4n) is 4.14. The van der Waals surface area contributed by atoms with Gasteiger partial charge < -0.3 is 26.8 Å². The highest BCUT2D eigenvalue weighted by atomic mass is 16.3. The lowest BCUT2D eigenvalue weighted by Crippen LogP contribution is -2.63. The van der Waals surface area contributed by atoms with E-state index in [2.05, 4.69) is 27.8 Å². The van der Waals surface area contributed by atoms with Gasteiger partial charge in [0.15, 0.2) is 5.78 Å². The molecule has 0 aromatic carbocycles. The highest BCUT2D eigenvalue weighted by Gasteiger charge is 2.34. The van der Waals surface area contributed by atoms with E-state index in [-0.39, 0.29) is 24.2 Å². The average molecular weight is 470 g/mol. The van der Waals surface area contributed by atoms with Crippen LogP contribution in [0.3, 0.4) is 0 Å². The Morgan fingerprint density at radius 1 is 1.09 bits per heavy atom. The number of rotatable bonds is 16. The first-order valence-electron chi connectivity index (χ1n) is 12.7. The first-order chi connectivity index (χ1) is 15.7. The number of aliphatic hydroxyl groups excluding tert-OH is 1. The quantitative estimate of drug-likeness (QED) is 0.208. The molecular formula is C24H47N5O4. The summed E-state index contributed by atoms with van der Waals surface area (Å²) in [6, 6.07) is -2.28. The molecule has 0 aliphatic carbocycles. The van der Waals surface area contributed by atoms with E-state index in [4.69, 9.17) is 5.73 Å². The number of carbonyl (C=O) groups is 3. The van der Waals surface area contributed by atoms with Crippen molar-refractivity contribution in [3.63, 3.8) is 0 Å². The molecule has 1 unspecified atom stereocenters. The lowest BCUT2D eigenvalue weighted by Gasteiger charge is -2.36. The molecule has 1 saturated heterocycles. The molecule has 0 bridgehead atoms. The van der Waals surface area contributed by atoms with E-state index in [9.17, 15) is 19.5 Å². The third-order valence-electron chi connectivity index (χ3n) is 6.20. The van der Waals surface area contributed by atoms with Gasteiger partial charge in [-0.2, -0.15) is 0 Å². The Kier molecular flexibility index (Phi) is 14.4. The van der Waals surface area contributed by atoms with Crippen LogP contribution in [0.15, 0.2) is 0 Å². The number of amides is 2. The number of hydrogen-bond donors (Lipinski definition) is 5. The Labute approximate surface area is 199 Å². The lowest BCUT2D eigenvalue weighted by atomic mass is 9.98. The molecule has 6 N–H and O–H groups in total. The minimum atomic E-state index is -1.14. The van der Waals surface area contributed by atoms with Crippen LogP contribution >= 0.6 is 0 Å². The molecule has 0 radical (unpaired) electrons. The molecule has 9 heteroatoms.